The van der Waals surface area contributed by atoms with Gasteiger partial charge >= 0.3 is 0 Å². The predicted molar refractivity (Wildman–Crippen MR) is 64.6 cm³/mol. The van der Waals surface area contributed by atoms with Crippen molar-refractivity contribution in [1.82, 2.24) is 5.01 Å². The molecule has 0 fully saturated rings. The first kappa shape index (κ1) is 13.5. The zero-order valence-corrected chi connectivity index (χ0v) is 10.1. The molecule has 0 aromatic rings. The summed E-state index contributed by atoms with van der Waals surface area (Å²) in [5.41, 5.74) is 6.56. The summed E-state index contributed by atoms with van der Waals surface area (Å²) in [6.45, 7) is 3.63. The normalized spacial score (nSPS) is 11.1. The number of likely N-dealkylation sites (N-methyl/N-ethyl adjacent to an activating group) is 1. The number of hydrogen-bond donors (Lipinski definition) is 2. The smallest absolute Gasteiger partial charge is 0.161 e. The molecule has 82 valence electrons. The van der Waals surface area contributed by atoms with E-state index in [9.17, 15) is 0 Å². The highest BCUT2D eigenvalue weighted by atomic mass is 32.2. The van der Waals surface area contributed by atoms with Crippen molar-refractivity contribution in [2.24, 2.45) is 10.8 Å². The van der Waals surface area contributed by atoms with Crippen LogP contribution in [0.3, 0.4) is 0 Å². The second kappa shape index (κ2) is 6.09. The summed E-state index contributed by atoms with van der Waals surface area (Å²) < 4.78 is 0. The molecule has 0 aliphatic heterocycles. The first-order valence-corrected chi connectivity index (χ1v) is 5.44. The van der Waals surface area contributed by atoms with E-state index >= 15 is 0 Å². The maximum atomic E-state index is 8.86. The van der Waals surface area contributed by atoms with E-state index in [1.54, 1.807) is 13.3 Å². The Morgan fingerprint density at radius 3 is 2.40 bits per heavy atom. The van der Waals surface area contributed by atoms with Crippen LogP contribution < -0.4 is 5.73 Å². The fourth-order valence-electron chi connectivity index (χ4n) is 0.839. The van der Waals surface area contributed by atoms with Gasteiger partial charge in [0.2, 0.25) is 0 Å². The topological polar surface area (TPSA) is 89.3 Å². The van der Waals surface area contributed by atoms with Gasteiger partial charge in [0, 0.05) is 12.8 Å². The van der Waals surface area contributed by atoms with Crippen LogP contribution in [0.2, 0.25) is 0 Å². The van der Waals surface area contributed by atoms with Gasteiger partial charge in [0.05, 0.1) is 5.03 Å². The monoisotopic (exact) mass is 225 g/mol. The summed E-state index contributed by atoms with van der Waals surface area (Å²) in [5, 5.41) is 22.3. The second-order valence-electron chi connectivity index (χ2n) is 2.97. The second-order valence-corrected chi connectivity index (χ2v) is 3.82. The van der Waals surface area contributed by atoms with Crippen LogP contribution in [0.25, 0.3) is 0 Å². The van der Waals surface area contributed by atoms with Crippen LogP contribution in [0, 0.1) is 16.7 Å². The molecule has 5 nitrogen and oxygen atoms in total. The molecule has 0 saturated heterocycles. The largest absolute Gasteiger partial charge is 0.392 e. The van der Waals surface area contributed by atoms with Gasteiger partial charge in [0.1, 0.15) is 11.6 Å². The van der Waals surface area contributed by atoms with Gasteiger partial charge in [0.15, 0.2) is 5.84 Å². The number of hydrogen-bond acceptors (Lipinski definition) is 5. The Balaban J connectivity index is 5.02. The van der Waals surface area contributed by atoms with E-state index in [-0.39, 0.29) is 11.4 Å². The molecule has 0 heterocycles. The molecule has 0 unspecified atom stereocenters. The summed E-state index contributed by atoms with van der Waals surface area (Å²) in [7, 11) is 1.61. The van der Waals surface area contributed by atoms with Crippen molar-refractivity contribution in [2.75, 3.05) is 13.3 Å². The molecule has 0 aromatic carbocycles. The van der Waals surface area contributed by atoms with E-state index in [0.717, 1.165) is 5.71 Å². The van der Waals surface area contributed by atoms with Crippen LogP contribution in [0.4, 0.5) is 0 Å². The number of rotatable bonds is 3. The van der Waals surface area contributed by atoms with Gasteiger partial charge in [-0.3, -0.25) is 10.4 Å². The van der Waals surface area contributed by atoms with E-state index in [4.69, 9.17) is 16.4 Å². The van der Waals surface area contributed by atoms with Gasteiger partial charge in [-0.05, 0) is 20.1 Å². The lowest BCUT2D eigenvalue weighted by Crippen LogP contribution is -2.24. The van der Waals surface area contributed by atoms with Crippen molar-refractivity contribution in [3.8, 4) is 6.07 Å². The van der Waals surface area contributed by atoms with E-state index in [0.29, 0.717) is 5.03 Å². The molecule has 0 radical (unpaired) electrons. The van der Waals surface area contributed by atoms with Gasteiger partial charge in [-0.25, -0.2) is 0 Å². The Labute approximate surface area is 94.1 Å². The molecule has 0 bridgehead atoms. The molecule has 0 aromatic heterocycles. The molecule has 15 heavy (non-hydrogen) atoms. The number of amidine groups is 1. The van der Waals surface area contributed by atoms with Crippen molar-refractivity contribution >= 4 is 23.3 Å². The minimum absolute atomic E-state index is 0.00514. The third-order valence-corrected chi connectivity index (χ3v) is 2.13. The Hall–Kier alpha value is -1.48. The number of nitriles is 1. The SMILES string of the molecule is CSC(N)=C(C#N)C(=N)N(C)N=C(C)C. The number of thioether (sulfide) groups is 1. The Kier molecular flexibility index (Phi) is 5.49. The van der Waals surface area contributed by atoms with Crippen LogP contribution in [0.15, 0.2) is 15.7 Å². The van der Waals surface area contributed by atoms with Gasteiger partial charge in [0.25, 0.3) is 0 Å². The van der Waals surface area contributed by atoms with Crippen LogP contribution in [0.5, 0.6) is 0 Å². The van der Waals surface area contributed by atoms with Crippen molar-refractivity contribution in [1.29, 1.82) is 10.7 Å². The summed E-state index contributed by atoms with van der Waals surface area (Å²) in [5.74, 6) is 0.00514. The highest BCUT2D eigenvalue weighted by Gasteiger charge is 2.13. The van der Waals surface area contributed by atoms with Gasteiger partial charge < -0.3 is 5.73 Å². The Morgan fingerprint density at radius 1 is 1.53 bits per heavy atom. The third-order valence-electron chi connectivity index (χ3n) is 1.49. The maximum Gasteiger partial charge on any atom is 0.161 e. The summed E-state index contributed by atoms with van der Waals surface area (Å²) in [4.78, 5) is 0. The molecule has 0 rings (SSSR count). The van der Waals surface area contributed by atoms with Crippen LogP contribution >= 0.6 is 11.8 Å². The zero-order valence-electron chi connectivity index (χ0n) is 9.33. The highest BCUT2D eigenvalue weighted by molar-refractivity contribution is 8.02. The van der Waals surface area contributed by atoms with Gasteiger partial charge in [-0.1, -0.05) is 0 Å². The maximum absolute atomic E-state index is 8.86. The van der Waals surface area contributed by atoms with Gasteiger partial charge in [-0.15, -0.1) is 11.8 Å². The average molecular weight is 225 g/mol. The first-order valence-electron chi connectivity index (χ1n) is 4.22. The fourth-order valence-corrected chi connectivity index (χ4v) is 1.19. The van der Waals surface area contributed by atoms with Crippen molar-refractivity contribution in [3.05, 3.63) is 10.6 Å². The quantitative estimate of drug-likeness (QED) is 0.328. The van der Waals surface area contributed by atoms with E-state index in [1.165, 1.54) is 16.8 Å². The zero-order chi connectivity index (χ0) is 12.0. The van der Waals surface area contributed by atoms with E-state index in [1.807, 2.05) is 19.9 Å². The molecule has 0 atom stereocenters. The predicted octanol–water partition coefficient (Wildman–Crippen LogP) is 1.35. The van der Waals surface area contributed by atoms with Crippen LogP contribution in [-0.2, 0) is 0 Å². The fraction of sp³-hybridized carbons (Fsp3) is 0.444. The third kappa shape index (κ3) is 4.04. The number of nitrogens with two attached hydrogens (primary N) is 1. The number of nitrogens with one attached hydrogen (secondary N) is 1. The van der Waals surface area contributed by atoms with E-state index in [2.05, 4.69) is 5.10 Å². The molecule has 0 aliphatic carbocycles. The molecule has 0 spiro atoms. The molecular formula is C9H15N5S. The molecule has 0 amide bonds. The molecule has 6 heteroatoms. The lowest BCUT2D eigenvalue weighted by Gasteiger charge is -2.14. The Morgan fingerprint density at radius 2 is 2.07 bits per heavy atom. The Bertz CT molecular complexity index is 346. The summed E-state index contributed by atoms with van der Waals surface area (Å²) >= 11 is 1.24. The minimum atomic E-state index is 0.00514. The first-order chi connectivity index (χ1) is 6.93. The van der Waals surface area contributed by atoms with Crippen molar-refractivity contribution in [3.63, 3.8) is 0 Å². The summed E-state index contributed by atoms with van der Waals surface area (Å²) in [6, 6.07) is 1.90. The molecule has 0 saturated carbocycles. The van der Waals surface area contributed by atoms with E-state index < -0.39 is 0 Å². The van der Waals surface area contributed by atoms with Crippen molar-refractivity contribution < 1.29 is 0 Å². The van der Waals surface area contributed by atoms with Crippen LogP contribution in [0.1, 0.15) is 13.8 Å². The average Bonchev–Trinajstić information content (AvgIpc) is 2.17. The molecule has 3 N–H and O–H groups in total. The summed E-state index contributed by atoms with van der Waals surface area (Å²) in [6.07, 6.45) is 1.76. The number of nitrogens with zero attached hydrogens (tertiary/aromatic N) is 3. The number of hydrazone groups is 1. The minimum Gasteiger partial charge on any atom is -0.392 e. The lowest BCUT2D eigenvalue weighted by molar-refractivity contribution is 0.540. The van der Waals surface area contributed by atoms with Crippen molar-refractivity contribution in [2.45, 2.75) is 13.8 Å². The van der Waals surface area contributed by atoms with Gasteiger partial charge in [-0.2, -0.15) is 10.4 Å². The van der Waals surface area contributed by atoms with Crippen LogP contribution in [-0.4, -0.2) is 29.9 Å². The molecule has 0 aliphatic rings. The lowest BCUT2D eigenvalue weighted by atomic mass is 10.3. The highest BCUT2D eigenvalue weighted by Crippen LogP contribution is 2.12. The standard InChI is InChI=1S/C9H15N5S/c1-6(2)13-14(3)8(11)7(5-10)9(12)15-4/h11H,12H2,1-4H3. The molecular weight excluding hydrogens is 210 g/mol.